The summed E-state index contributed by atoms with van der Waals surface area (Å²) in [5, 5.41) is 0. The van der Waals surface area contributed by atoms with Crippen molar-refractivity contribution in [1.82, 2.24) is 14.3 Å². The van der Waals surface area contributed by atoms with E-state index in [1.807, 2.05) is 0 Å². The quantitative estimate of drug-likeness (QED) is 0.919. The number of imidazole rings is 1. The molecule has 0 amide bonds. The molecule has 0 radical (unpaired) electrons. The average Bonchev–Trinajstić information content (AvgIpc) is 2.89. The van der Waals surface area contributed by atoms with Gasteiger partial charge in [0.05, 0.1) is 11.7 Å². The van der Waals surface area contributed by atoms with Gasteiger partial charge >= 0.3 is 0 Å². The summed E-state index contributed by atoms with van der Waals surface area (Å²) >= 11 is 0. The first-order valence-corrected chi connectivity index (χ1v) is 7.23. The number of aromatic nitrogens is 2. The molecule has 3 rings (SSSR count). The van der Waals surface area contributed by atoms with Gasteiger partial charge in [0.25, 0.3) is 0 Å². The van der Waals surface area contributed by atoms with Crippen molar-refractivity contribution in [2.45, 2.75) is 38.8 Å². The minimum Gasteiger partial charge on any atom is -0.326 e. The number of pyridine rings is 1. The van der Waals surface area contributed by atoms with Gasteiger partial charge in [0.15, 0.2) is 0 Å². The van der Waals surface area contributed by atoms with Crippen LogP contribution in [0.3, 0.4) is 0 Å². The van der Waals surface area contributed by atoms with Crippen LogP contribution in [0.25, 0.3) is 5.65 Å². The third kappa shape index (κ3) is 2.38. The summed E-state index contributed by atoms with van der Waals surface area (Å²) in [5.41, 5.74) is 9.05. The number of fused-ring (bicyclic) bond motifs is 1. The summed E-state index contributed by atoms with van der Waals surface area (Å²) in [6.45, 7) is 5.11. The van der Waals surface area contributed by atoms with Crippen molar-refractivity contribution in [3.8, 4) is 0 Å². The predicted octanol–water partition coefficient (Wildman–Crippen LogP) is 2.34. The Morgan fingerprint density at radius 1 is 1.42 bits per heavy atom. The van der Waals surface area contributed by atoms with Gasteiger partial charge in [-0.15, -0.1) is 0 Å². The van der Waals surface area contributed by atoms with Gasteiger partial charge in [-0.05, 0) is 43.6 Å². The Labute approximate surface area is 114 Å². The summed E-state index contributed by atoms with van der Waals surface area (Å²) in [6, 6.07) is 4.64. The second kappa shape index (κ2) is 5.31. The Morgan fingerprint density at radius 2 is 2.32 bits per heavy atom. The van der Waals surface area contributed by atoms with Crippen LogP contribution >= 0.6 is 0 Å². The highest BCUT2D eigenvalue weighted by Crippen LogP contribution is 2.30. The van der Waals surface area contributed by atoms with Crippen LogP contribution in [-0.4, -0.2) is 27.4 Å². The van der Waals surface area contributed by atoms with Crippen LogP contribution in [0.5, 0.6) is 0 Å². The molecule has 1 saturated heterocycles. The van der Waals surface area contributed by atoms with Crippen molar-refractivity contribution in [3.05, 3.63) is 35.8 Å². The van der Waals surface area contributed by atoms with E-state index in [0.29, 0.717) is 12.6 Å². The molecule has 1 unspecified atom stereocenters. The van der Waals surface area contributed by atoms with E-state index in [2.05, 4.69) is 40.8 Å². The van der Waals surface area contributed by atoms with Crippen molar-refractivity contribution in [3.63, 3.8) is 0 Å². The lowest BCUT2D eigenvalue weighted by molar-refractivity contribution is 0.154. The fourth-order valence-corrected chi connectivity index (χ4v) is 3.04. The first kappa shape index (κ1) is 12.6. The molecule has 1 aliphatic heterocycles. The lowest BCUT2D eigenvalue weighted by Gasteiger charge is -2.33. The monoisotopic (exact) mass is 258 g/mol. The molecule has 1 aliphatic rings. The van der Waals surface area contributed by atoms with Crippen molar-refractivity contribution in [1.29, 1.82) is 0 Å². The highest BCUT2D eigenvalue weighted by atomic mass is 15.2. The zero-order chi connectivity index (χ0) is 13.2. The molecule has 1 atom stereocenters. The Bertz CT molecular complexity index is 560. The van der Waals surface area contributed by atoms with E-state index in [1.165, 1.54) is 31.5 Å². The van der Waals surface area contributed by atoms with Gasteiger partial charge in [0.2, 0.25) is 0 Å². The molecule has 2 aromatic rings. The maximum Gasteiger partial charge on any atom is 0.137 e. The summed E-state index contributed by atoms with van der Waals surface area (Å²) in [5.74, 6) is 0. The Kier molecular flexibility index (Phi) is 3.53. The molecular formula is C15H22N4. The molecular weight excluding hydrogens is 236 g/mol. The average molecular weight is 258 g/mol. The topological polar surface area (TPSA) is 46.6 Å². The van der Waals surface area contributed by atoms with Crippen molar-refractivity contribution in [2.24, 2.45) is 5.73 Å². The van der Waals surface area contributed by atoms with Crippen LogP contribution in [0.15, 0.2) is 24.5 Å². The fourth-order valence-electron chi connectivity index (χ4n) is 3.04. The van der Waals surface area contributed by atoms with Crippen molar-refractivity contribution >= 4 is 5.65 Å². The van der Waals surface area contributed by atoms with Crippen LogP contribution in [0.1, 0.15) is 43.5 Å². The number of hydrogen-bond acceptors (Lipinski definition) is 3. The van der Waals surface area contributed by atoms with Gasteiger partial charge in [0.1, 0.15) is 5.65 Å². The maximum atomic E-state index is 5.69. The maximum absolute atomic E-state index is 5.69. The number of nitrogens with zero attached hydrogens (tertiary/aromatic N) is 3. The number of nitrogens with two attached hydrogens (primary N) is 1. The highest BCUT2D eigenvalue weighted by molar-refractivity contribution is 5.43. The number of rotatable bonds is 3. The number of hydrogen-bond donors (Lipinski definition) is 1. The Hall–Kier alpha value is -1.39. The van der Waals surface area contributed by atoms with E-state index < -0.39 is 0 Å². The van der Waals surface area contributed by atoms with Gasteiger partial charge in [-0.3, -0.25) is 4.90 Å². The smallest absolute Gasteiger partial charge is 0.137 e. The summed E-state index contributed by atoms with van der Waals surface area (Å²) in [4.78, 5) is 7.35. The van der Waals surface area contributed by atoms with Crippen LogP contribution < -0.4 is 5.73 Å². The van der Waals surface area contributed by atoms with Crippen molar-refractivity contribution in [2.75, 3.05) is 13.1 Å². The molecule has 102 valence electrons. The van der Waals surface area contributed by atoms with E-state index in [-0.39, 0.29) is 0 Å². The second-order valence-corrected chi connectivity index (χ2v) is 5.31. The summed E-state index contributed by atoms with van der Waals surface area (Å²) in [7, 11) is 0. The van der Waals surface area contributed by atoms with Gasteiger partial charge in [-0.2, -0.15) is 0 Å². The predicted molar refractivity (Wildman–Crippen MR) is 76.9 cm³/mol. The van der Waals surface area contributed by atoms with Gasteiger partial charge in [0, 0.05) is 18.9 Å². The van der Waals surface area contributed by atoms with Gasteiger partial charge < -0.3 is 10.1 Å². The highest BCUT2D eigenvalue weighted by Gasteiger charge is 2.24. The third-order valence-corrected chi connectivity index (χ3v) is 4.14. The zero-order valence-electron chi connectivity index (χ0n) is 11.5. The summed E-state index contributed by atoms with van der Waals surface area (Å²) in [6.07, 6.45) is 8.08. The SMILES string of the molecule is CCN1CCCCC1c1cn2ccc(CN)cc2n1. The minimum atomic E-state index is 0.486. The van der Waals surface area contributed by atoms with Crippen molar-refractivity contribution < 1.29 is 0 Å². The largest absolute Gasteiger partial charge is 0.326 e. The fraction of sp³-hybridized carbons (Fsp3) is 0.533. The third-order valence-electron chi connectivity index (χ3n) is 4.14. The normalized spacial score (nSPS) is 21.1. The van der Waals surface area contributed by atoms with Crippen LogP contribution in [0.4, 0.5) is 0 Å². The van der Waals surface area contributed by atoms with Crippen LogP contribution in [-0.2, 0) is 6.54 Å². The Morgan fingerprint density at radius 3 is 3.11 bits per heavy atom. The number of likely N-dealkylation sites (tertiary alicyclic amines) is 1. The lowest BCUT2D eigenvalue weighted by atomic mass is 10.00. The molecule has 1 fully saturated rings. The molecule has 0 aromatic carbocycles. The molecule has 0 bridgehead atoms. The second-order valence-electron chi connectivity index (χ2n) is 5.31. The van der Waals surface area contributed by atoms with E-state index >= 15 is 0 Å². The first-order chi connectivity index (χ1) is 9.31. The molecule has 2 N–H and O–H groups in total. The van der Waals surface area contributed by atoms with E-state index in [1.54, 1.807) is 0 Å². The Balaban J connectivity index is 1.95. The van der Waals surface area contributed by atoms with E-state index in [9.17, 15) is 0 Å². The molecule has 19 heavy (non-hydrogen) atoms. The molecule has 3 heterocycles. The zero-order valence-corrected chi connectivity index (χ0v) is 11.5. The van der Waals surface area contributed by atoms with Gasteiger partial charge in [-0.1, -0.05) is 13.3 Å². The van der Waals surface area contributed by atoms with Gasteiger partial charge in [-0.25, -0.2) is 4.98 Å². The standard InChI is InChI=1S/C15H22N4/c1-2-18-7-4-3-5-14(18)13-11-19-8-6-12(10-16)9-15(19)17-13/h6,8-9,11,14H,2-5,7,10,16H2,1H3. The number of piperidine rings is 1. The van der Waals surface area contributed by atoms with E-state index in [0.717, 1.165) is 17.8 Å². The minimum absolute atomic E-state index is 0.486. The molecule has 0 spiro atoms. The molecule has 0 aliphatic carbocycles. The van der Waals surface area contributed by atoms with Crippen LogP contribution in [0, 0.1) is 0 Å². The molecule has 4 heteroatoms. The molecule has 4 nitrogen and oxygen atoms in total. The van der Waals surface area contributed by atoms with E-state index in [4.69, 9.17) is 10.7 Å². The van der Waals surface area contributed by atoms with Crippen LogP contribution in [0.2, 0.25) is 0 Å². The molecule has 0 saturated carbocycles. The molecule has 2 aromatic heterocycles. The first-order valence-electron chi connectivity index (χ1n) is 7.23. The lowest BCUT2D eigenvalue weighted by Crippen LogP contribution is -2.33. The summed E-state index contributed by atoms with van der Waals surface area (Å²) < 4.78 is 2.11.